The highest BCUT2D eigenvalue weighted by atomic mass is 35.5. The van der Waals surface area contributed by atoms with Crippen molar-refractivity contribution in [3.63, 3.8) is 0 Å². The minimum Gasteiger partial charge on any atom is -0.469 e. The number of nitrogens with two attached hydrogens (primary N) is 1. The second kappa shape index (κ2) is 5.59. The first-order chi connectivity index (χ1) is 8.34. The number of halogens is 1. The van der Waals surface area contributed by atoms with Crippen molar-refractivity contribution in [2.75, 3.05) is 0 Å². The Labute approximate surface area is 114 Å². The van der Waals surface area contributed by atoms with E-state index in [9.17, 15) is 0 Å². The predicted molar refractivity (Wildman–Crippen MR) is 74.8 cm³/mol. The van der Waals surface area contributed by atoms with Crippen LogP contribution in [0.2, 0.25) is 0 Å². The molecule has 0 radical (unpaired) electrons. The molecule has 1 aliphatic rings. The van der Waals surface area contributed by atoms with Gasteiger partial charge < -0.3 is 10.2 Å². The van der Waals surface area contributed by atoms with Crippen LogP contribution in [0.15, 0.2) is 47.1 Å². The molecule has 0 spiro atoms. The number of furan rings is 1. The zero-order valence-corrected chi connectivity index (χ0v) is 11.0. The van der Waals surface area contributed by atoms with Crippen LogP contribution in [0, 0.1) is 5.92 Å². The maximum atomic E-state index is 6.37. The SMILES string of the molecule is Cl.NC1c2ccccc2CCC1Cc1ccco1. The van der Waals surface area contributed by atoms with Crippen molar-refractivity contribution in [1.82, 2.24) is 0 Å². The molecular formula is C15H18ClNO. The van der Waals surface area contributed by atoms with Gasteiger partial charge in [0.1, 0.15) is 5.76 Å². The van der Waals surface area contributed by atoms with Crippen LogP contribution in [0.5, 0.6) is 0 Å². The van der Waals surface area contributed by atoms with E-state index >= 15 is 0 Å². The molecule has 1 heterocycles. The van der Waals surface area contributed by atoms with E-state index in [1.54, 1.807) is 6.26 Å². The molecule has 0 amide bonds. The molecule has 1 aromatic carbocycles. The molecule has 18 heavy (non-hydrogen) atoms. The van der Waals surface area contributed by atoms with Crippen LogP contribution >= 0.6 is 12.4 Å². The number of aryl methyl sites for hydroxylation is 1. The number of hydrogen-bond acceptors (Lipinski definition) is 2. The summed E-state index contributed by atoms with van der Waals surface area (Å²) in [6.07, 6.45) is 4.97. The molecule has 3 rings (SSSR count). The Balaban J connectivity index is 0.00000120. The van der Waals surface area contributed by atoms with Crippen molar-refractivity contribution in [3.8, 4) is 0 Å². The number of fused-ring (bicyclic) bond motifs is 1. The van der Waals surface area contributed by atoms with Gasteiger partial charge in [-0.05, 0) is 42.0 Å². The number of hydrogen-bond donors (Lipinski definition) is 1. The zero-order chi connectivity index (χ0) is 11.7. The lowest BCUT2D eigenvalue weighted by atomic mass is 9.78. The summed E-state index contributed by atoms with van der Waals surface area (Å²) in [4.78, 5) is 0. The highest BCUT2D eigenvalue weighted by Gasteiger charge is 2.26. The molecule has 0 saturated heterocycles. The molecule has 1 aliphatic carbocycles. The van der Waals surface area contributed by atoms with Crippen molar-refractivity contribution in [1.29, 1.82) is 0 Å². The van der Waals surface area contributed by atoms with Gasteiger partial charge >= 0.3 is 0 Å². The van der Waals surface area contributed by atoms with E-state index in [1.807, 2.05) is 12.1 Å². The summed E-state index contributed by atoms with van der Waals surface area (Å²) in [7, 11) is 0. The summed E-state index contributed by atoms with van der Waals surface area (Å²) in [6, 6.07) is 12.6. The third-order valence-electron chi connectivity index (χ3n) is 3.75. The second-order valence-corrected chi connectivity index (χ2v) is 4.81. The Morgan fingerprint density at radius 3 is 2.78 bits per heavy atom. The summed E-state index contributed by atoms with van der Waals surface area (Å²) >= 11 is 0. The largest absolute Gasteiger partial charge is 0.469 e. The van der Waals surface area contributed by atoms with E-state index in [4.69, 9.17) is 10.2 Å². The lowest BCUT2D eigenvalue weighted by Gasteiger charge is -2.30. The molecule has 0 saturated carbocycles. The van der Waals surface area contributed by atoms with Crippen LogP contribution in [0.4, 0.5) is 0 Å². The van der Waals surface area contributed by atoms with Gasteiger partial charge in [0.15, 0.2) is 0 Å². The lowest BCUT2D eigenvalue weighted by Crippen LogP contribution is -2.28. The van der Waals surface area contributed by atoms with E-state index in [1.165, 1.54) is 11.1 Å². The minimum absolute atomic E-state index is 0. The number of benzene rings is 1. The first-order valence-electron chi connectivity index (χ1n) is 6.20. The van der Waals surface area contributed by atoms with E-state index in [-0.39, 0.29) is 18.4 Å². The lowest BCUT2D eigenvalue weighted by molar-refractivity contribution is 0.347. The maximum absolute atomic E-state index is 6.37. The van der Waals surface area contributed by atoms with Crippen LogP contribution in [0.25, 0.3) is 0 Å². The first kappa shape index (κ1) is 13.2. The Morgan fingerprint density at radius 2 is 2.00 bits per heavy atom. The summed E-state index contributed by atoms with van der Waals surface area (Å²) in [5.74, 6) is 1.54. The zero-order valence-electron chi connectivity index (χ0n) is 10.2. The van der Waals surface area contributed by atoms with Crippen molar-refractivity contribution in [2.24, 2.45) is 11.7 Å². The van der Waals surface area contributed by atoms with Crippen molar-refractivity contribution in [2.45, 2.75) is 25.3 Å². The van der Waals surface area contributed by atoms with Crippen LogP contribution < -0.4 is 5.73 Å². The summed E-state index contributed by atoms with van der Waals surface area (Å²) in [5, 5.41) is 0. The van der Waals surface area contributed by atoms with E-state index < -0.39 is 0 Å². The quantitative estimate of drug-likeness (QED) is 0.901. The Kier molecular flexibility index (Phi) is 4.10. The molecule has 2 N–H and O–H groups in total. The van der Waals surface area contributed by atoms with Gasteiger partial charge in [-0.25, -0.2) is 0 Å². The van der Waals surface area contributed by atoms with Crippen LogP contribution in [0.3, 0.4) is 0 Å². The fourth-order valence-electron chi connectivity index (χ4n) is 2.78. The third-order valence-corrected chi connectivity index (χ3v) is 3.75. The van der Waals surface area contributed by atoms with Crippen LogP contribution in [-0.2, 0) is 12.8 Å². The summed E-state index contributed by atoms with van der Waals surface area (Å²) < 4.78 is 5.42. The van der Waals surface area contributed by atoms with E-state index in [0.717, 1.165) is 25.0 Å². The molecule has 2 atom stereocenters. The molecule has 2 nitrogen and oxygen atoms in total. The molecule has 1 aromatic heterocycles. The highest BCUT2D eigenvalue weighted by Crippen LogP contribution is 2.34. The molecular weight excluding hydrogens is 246 g/mol. The van der Waals surface area contributed by atoms with Gasteiger partial charge in [-0.2, -0.15) is 0 Å². The average molecular weight is 264 g/mol. The fraction of sp³-hybridized carbons (Fsp3) is 0.333. The molecule has 96 valence electrons. The van der Waals surface area contributed by atoms with Gasteiger partial charge in [0.25, 0.3) is 0 Å². The molecule has 2 unspecified atom stereocenters. The Morgan fingerprint density at radius 1 is 1.17 bits per heavy atom. The van der Waals surface area contributed by atoms with Gasteiger partial charge in [0.05, 0.1) is 6.26 Å². The Hall–Kier alpha value is -1.25. The topological polar surface area (TPSA) is 39.2 Å². The van der Waals surface area contributed by atoms with Gasteiger partial charge in [0.2, 0.25) is 0 Å². The predicted octanol–water partition coefficient (Wildman–Crippen LogP) is 3.51. The second-order valence-electron chi connectivity index (χ2n) is 4.81. The monoisotopic (exact) mass is 263 g/mol. The highest BCUT2D eigenvalue weighted by molar-refractivity contribution is 5.85. The Bertz CT molecular complexity index is 495. The van der Waals surface area contributed by atoms with Crippen molar-refractivity contribution in [3.05, 3.63) is 59.5 Å². The van der Waals surface area contributed by atoms with Gasteiger partial charge in [-0.3, -0.25) is 0 Å². The molecule has 3 heteroatoms. The molecule has 0 fully saturated rings. The molecule has 0 aliphatic heterocycles. The third kappa shape index (κ3) is 2.45. The van der Waals surface area contributed by atoms with Crippen LogP contribution in [-0.4, -0.2) is 0 Å². The minimum atomic E-state index is 0. The van der Waals surface area contributed by atoms with Gasteiger partial charge in [-0.1, -0.05) is 24.3 Å². The average Bonchev–Trinajstić information content (AvgIpc) is 2.86. The van der Waals surface area contributed by atoms with E-state index in [0.29, 0.717) is 5.92 Å². The van der Waals surface area contributed by atoms with E-state index in [2.05, 4.69) is 24.3 Å². The normalized spacial score (nSPS) is 22.1. The first-order valence-corrected chi connectivity index (χ1v) is 6.20. The maximum Gasteiger partial charge on any atom is 0.104 e. The molecule has 2 aromatic rings. The van der Waals surface area contributed by atoms with Crippen molar-refractivity contribution >= 4 is 12.4 Å². The van der Waals surface area contributed by atoms with Crippen molar-refractivity contribution < 1.29 is 4.42 Å². The van der Waals surface area contributed by atoms with Gasteiger partial charge in [0, 0.05) is 12.5 Å². The summed E-state index contributed by atoms with van der Waals surface area (Å²) in [5.41, 5.74) is 9.09. The fourth-order valence-corrected chi connectivity index (χ4v) is 2.78. The standard InChI is InChI=1S/C15H17NO.ClH/c16-15-12(10-13-5-3-9-17-13)8-7-11-4-1-2-6-14(11)15;/h1-6,9,12,15H,7-8,10,16H2;1H. The smallest absolute Gasteiger partial charge is 0.104 e. The molecule has 0 bridgehead atoms. The van der Waals surface area contributed by atoms with Gasteiger partial charge in [-0.15, -0.1) is 12.4 Å². The summed E-state index contributed by atoms with van der Waals surface area (Å²) in [6.45, 7) is 0. The van der Waals surface area contributed by atoms with Crippen LogP contribution in [0.1, 0.15) is 29.3 Å². The number of rotatable bonds is 2.